The van der Waals surface area contributed by atoms with Gasteiger partial charge in [-0.3, -0.25) is 4.79 Å². The summed E-state index contributed by atoms with van der Waals surface area (Å²) >= 11 is 6.14. The number of benzene rings is 3. The van der Waals surface area contributed by atoms with Crippen molar-refractivity contribution < 1.29 is 19.1 Å². The van der Waals surface area contributed by atoms with Crippen LogP contribution in [0.4, 0.5) is 5.69 Å². The Morgan fingerprint density at radius 1 is 1.05 bits per heavy atom. The third-order valence-electron chi connectivity index (χ3n) is 8.09. The molecule has 2 fully saturated rings. The van der Waals surface area contributed by atoms with Crippen LogP contribution >= 0.6 is 11.6 Å². The summed E-state index contributed by atoms with van der Waals surface area (Å²) in [5.41, 5.74) is 6.37. The molecule has 1 saturated carbocycles. The number of aromatic nitrogens is 2. The first-order chi connectivity index (χ1) is 19.5. The van der Waals surface area contributed by atoms with Gasteiger partial charge < -0.3 is 19.4 Å². The third-order valence-corrected chi connectivity index (χ3v) is 8.34. The topological polar surface area (TPSA) is 84.5 Å². The first kappa shape index (κ1) is 26.5. The maximum absolute atomic E-state index is 12.4. The van der Waals surface area contributed by atoms with E-state index in [9.17, 15) is 9.59 Å². The van der Waals surface area contributed by atoms with E-state index in [0.717, 1.165) is 77.9 Å². The average molecular weight is 558 g/mol. The number of fused-ring (bicyclic) bond motifs is 1. The van der Waals surface area contributed by atoms with Crippen molar-refractivity contribution in [1.29, 1.82) is 0 Å². The molecule has 1 aliphatic carbocycles. The number of nitrogens with zero attached hydrogens (tertiary/aromatic N) is 2. The Morgan fingerprint density at radius 3 is 2.58 bits per heavy atom. The Hall–Kier alpha value is -3.68. The largest absolute Gasteiger partial charge is 0.465 e. The molecule has 1 amide bonds. The van der Waals surface area contributed by atoms with Gasteiger partial charge in [0.25, 0.3) is 0 Å². The fourth-order valence-corrected chi connectivity index (χ4v) is 6.00. The van der Waals surface area contributed by atoms with E-state index in [0.29, 0.717) is 29.5 Å². The molecule has 1 aliphatic heterocycles. The van der Waals surface area contributed by atoms with Gasteiger partial charge in [0.05, 0.1) is 36.4 Å². The van der Waals surface area contributed by atoms with Crippen LogP contribution < -0.4 is 4.90 Å². The number of carbonyl (C=O) groups excluding carboxylic acids is 2. The van der Waals surface area contributed by atoms with Crippen molar-refractivity contribution in [2.45, 2.75) is 57.2 Å². The molecule has 0 radical (unpaired) electrons. The van der Waals surface area contributed by atoms with E-state index >= 15 is 0 Å². The molecule has 4 aromatic rings. The molecule has 3 aromatic carbocycles. The lowest BCUT2D eigenvalue weighted by Crippen LogP contribution is -2.24. The van der Waals surface area contributed by atoms with Gasteiger partial charge in [-0.25, -0.2) is 9.78 Å². The number of hydrogen-bond donors (Lipinski definition) is 1. The lowest BCUT2D eigenvalue weighted by atomic mass is 9.87. The SMILES string of the molecule is COC(=O)c1ccc2[nH]c(C3CCC(OCc4cc(N5CCCC5=O)ccc4-c4ccc(Cl)cc4)CC3)nc2c1. The number of rotatable bonds is 7. The second-order valence-corrected chi connectivity index (χ2v) is 11.1. The minimum atomic E-state index is -0.360. The predicted molar refractivity (Wildman–Crippen MR) is 156 cm³/mol. The van der Waals surface area contributed by atoms with Crippen molar-refractivity contribution in [3.05, 3.63) is 82.6 Å². The molecular weight excluding hydrogens is 526 g/mol. The molecule has 2 aliphatic rings. The smallest absolute Gasteiger partial charge is 0.337 e. The number of hydrogen-bond acceptors (Lipinski definition) is 5. The monoisotopic (exact) mass is 557 g/mol. The lowest BCUT2D eigenvalue weighted by Gasteiger charge is -2.28. The van der Waals surface area contributed by atoms with Crippen LogP contribution in [0.2, 0.25) is 5.02 Å². The maximum atomic E-state index is 12.4. The van der Waals surface area contributed by atoms with Crippen molar-refractivity contribution in [2.75, 3.05) is 18.6 Å². The van der Waals surface area contributed by atoms with E-state index < -0.39 is 0 Å². The van der Waals surface area contributed by atoms with Gasteiger partial charge in [0, 0.05) is 29.6 Å². The zero-order valence-electron chi connectivity index (χ0n) is 22.5. The molecule has 7 nitrogen and oxygen atoms in total. The Labute approximate surface area is 238 Å². The molecule has 0 unspecified atom stereocenters. The number of H-pyrrole nitrogens is 1. The molecule has 40 heavy (non-hydrogen) atoms. The van der Waals surface area contributed by atoms with E-state index in [-0.39, 0.29) is 18.0 Å². The van der Waals surface area contributed by atoms with Crippen LogP contribution in [0.15, 0.2) is 60.7 Å². The van der Waals surface area contributed by atoms with Gasteiger partial charge in [-0.05, 0) is 91.3 Å². The number of anilines is 1. The Balaban J connectivity index is 1.14. The number of aromatic amines is 1. The highest BCUT2D eigenvalue weighted by Gasteiger charge is 2.26. The number of nitrogens with one attached hydrogen (secondary N) is 1. The molecule has 0 spiro atoms. The summed E-state index contributed by atoms with van der Waals surface area (Å²) in [4.78, 5) is 34.4. The van der Waals surface area contributed by atoms with Gasteiger partial charge in [0.1, 0.15) is 5.82 Å². The second-order valence-electron chi connectivity index (χ2n) is 10.6. The number of amides is 1. The number of methoxy groups -OCH3 is 1. The minimum absolute atomic E-state index is 0.154. The van der Waals surface area contributed by atoms with Crippen molar-refractivity contribution in [2.24, 2.45) is 0 Å². The van der Waals surface area contributed by atoms with E-state index in [1.54, 1.807) is 12.1 Å². The standard InChI is InChI=1S/C32H32ClN3O4/c1-39-32(38)22-8-15-28-29(18-22)35-31(34-28)21-6-12-26(13-7-21)40-19-23-17-25(36-16-2-3-30(36)37)11-14-27(23)20-4-9-24(33)10-5-20/h4-5,8-11,14-15,17-18,21,26H,2-3,6-7,12-13,16,19H2,1H3,(H,34,35). The molecule has 1 N–H and O–H groups in total. The maximum Gasteiger partial charge on any atom is 0.337 e. The fourth-order valence-electron chi connectivity index (χ4n) is 5.87. The van der Waals surface area contributed by atoms with Gasteiger partial charge in [0.15, 0.2) is 0 Å². The highest BCUT2D eigenvalue weighted by atomic mass is 35.5. The Morgan fingerprint density at radius 2 is 1.85 bits per heavy atom. The molecule has 8 heteroatoms. The van der Waals surface area contributed by atoms with Crippen LogP contribution in [0.5, 0.6) is 0 Å². The van der Waals surface area contributed by atoms with Crippen LogP contribution in [-0.4, -0.2) is 41.6 Å². The van der Waals surface area contributed by atoms with Gasteiger partial charge >= 0.3 is 5.97 Å². The summed E-state index contributed by atoms with van der Waals surface area (Å²) in [6.45, 7) is 1.24. The van der Waals surface area contributed by atoms with Crippen molar-refractivity contribution >= 4 is 40.2 Å². The lowest BCUT2D eigenvalue weighted by molar-refractivity contribution is -0.117. The van der Waals surface area contributed by atoms with Crippen LogP contribution in [0.25, 0.3) is 22.2 Å². The van der Waals surface area contributed by atoms with Crippen LogP contribution in [0, 0.1) is 0 Å². The molecule has 6 rings (SSSR count). The van der Waals surface area contributed by atoms with Crippen molar-refractivity contribution in [3.8, 4) is 11.1 Å². The molecule has 1 saturated heterocycles. The Bertz CT molecular complexity index is 1540. The third kappa shape index (κ3) is 5.49. The van der Waals surface area contributed by atoms with Gasteiger partial charge in [-0.2, -0.15) is 0 Å². The zero-order valence-corrected chi connectivity index (χ0v) is 23.2. The molecule has 0 atom stereocenters. The van der Waals surface area contributed by atoms with Crippen molar-refractivity contribution in [3.63, 3.8) is 0 Å². The number of imidazole rings is 1. The first-order valence-corrected chi connectivity index (χ1v) is 14.2. The van der Waals surface area contributed by atoms with Gasteiger partial charge in [0.2, 0.25) is 5.91 Å². The van der Waals surface area contributed by atoms with Gasteiger partial charge in [-0.1, -0.05) is 29.8 Å². The summed E-state index contributed by atoms with van der Waals surface area (Å²) < 4.78 is 11.3. The van der Waals surface area contributed by atoms with Crippen LogP contribution in [0.1, 0.15) is 66.2 Å². The number of halogens is 1. The van der Waals surface area contributed by atoms with E-state index in [1.165, 1.54) is 7.11 Å². The molecule has 1 aromatic heterocycles. The summed E-state index contributed by atoms with van der Waals surface area (Å²) in [5.74, 6) is 1.10. The fraction of sp³-hybridized carbons (Fsp3) is 0.344. The van der Waals surface area contributed by atoms with E-state index in [1.807, 2.05) is 41.3 Å². The summed E-state index contributed by atoms with van der Waals surface area (Å²) in [5, 5.41) is 0.700. The Kier molecular flexibility index (Phi) is 7.59. The second kappa shape index (κ2) is 11.4. The molecule has 0 bridgehead atoms. The van der Waals surface area contributed by atoms with E-state index in [4.69, 9.17) is 26.1 Å². The average Bonchev–Trinajstić information content (AvgIpc) is 3.62. The highest BCUT2D eigenvalue weighted by Crippen LogP contribution is 2.36. The van der Waals surface area contributed by atoms with Crippen molar-refractivity contribution in [1.82, 2.24) is 9.97 Å². The normalized spacial score (nSPS) is 19.4. The number of esters is 1. The molecule has 2 heterocycles. The first-order valence-electron chi connectivity index (χ1n) is 13.9. The zero-order chi connectivity index (χ0) is 27.6. The van der Waals surface area contributed by atoms with Gasteiger partial charge in [-0.15, -0.1) is 0 Å². The van der Waals surface area contributed by atoms with Crippen LogP contribution in [0.3, 0.4) is 0 Å². The summed E-state index contributed by atoms with van der Waals surface area (Å²) in [7, 11) is 1.38. The number of carbonyl (C=O) groups is 2. The summed E-state index contributed by atoms with van der Waals surface area (Å²) in [6, 6.07) is 19.5. The summed E-state index contributed by atoms with van der Waals surface area (Å²) in [6.07, 6.45) is 5.48. The quantitative estimate of drug-likeness (QED) is 0.246. The minimum Gasteiger partial charge on any atom is -0.465 e. The highest BCUT2D eigenvalue weighted by molar-refractivity contribution is 6.30. The predicted octanol–water partition coefficient (Wildman–Crippen LogP) is 7.04. The van der Waals surface area contributed by atoms with Crippen LogP contribution in [-0.2, 0) is 20.9 Å². The molecular formula is C32H32ClN3O4. The van der Waals surface area contributed by atoms with E-state index in [2.05, 4.69) is 17.1 Å². The number of ether oxygens (including phenoxy) is 2. The molecule has 206 valence electrons.